The first-order chi connectivity index (χ1) is 12.0. The van der Waals surface area contributed by atoms with E-state index in [4.69, 9.17) is 37.4 Å². The molecule has 0 aliphatic carbocycles. The van der Waals surface area contributed by atoms with Crippen molar-refractivity contribution in [3.63, 3.8) is 0 Å². The van der Waals surface area contributed by atoms with Gasteiger partial charge in [0.1, 0.15) is 5.75 Å². The minimum absolute atomic E-state index is 0.113. The van der Waals surface area contributed by atoms with Crippen molar-refractivity contribution in [3.8, 4) is 23.0 Å². The number of phenols is 1. The van der Waals surface area contributed by atoms with Crippen LogP contribution in [0.1, 0.15) is 11.1 Å². The molecule has 25 heavy (non-hydrogen) atoms. The second-order valence-electron chi connectivity index (χ2n) is 4.77. The van der Waals surface area contributed by atoms with Gasteiger partial charge in [-0.3, -0.25) is 0 Å². The molecule has 0 fully saturated rings. The van der Waals surface area contributed by atoms with Gasteiger partial charge in [0.05, 0.1) is 38.8 Å². The number of hydrogen-bond acceptors (Lipinski definition) is 6. The van der Waals surface area contributed by atoms with Crippen LogP contribution in [-0.4, -0.2) is 38.9 Å². The van der Waals surface area contributed by atoms with E-state index in [0.717, 1.165) is 0 Å². The summed E-state index contributed by atoms with van der Waals surface area (Å²) in [7, 11) is 4.59. The summed E-state index contributed by atoms with van der Waals surface area (Å²) in [5.41, 5.74) is 1.06. The molecule has 0 radical (unpaired) electrons. The van der Waals surface area contributed by atoms with Gasteiger partial charge in [-0.2, -0.15) is 10.2 Å². The largest absolute Gasteiger partial charge is 0.506 e. The van der Waals surface area contributed by atoms with Gasteiger partial charge in [0.15, 0.2) is 11.5 Å². The third-order valence-corrected chi connectivity index (χ3v) is 3.72. The maximum atomic E-state index is 9.85. The van der Waals surface area contributed by atoms with Crippen molar-refractivity contribution in [1.29, 1.82) is 0 Å². The lowest BCUT2D eigenvalue weighted by Crippen LogP contribution is -1.96. The monoisotopic (exact) mass is 382 g/mol. The molecule has 0 atom stereocenters. The second kappa shape index (κ2) is 8.60. The summed E-state index contributed by atoms with van der Waals surface area (Å²) in [6.07, 6.45) is 2.85. The molecule has 0 spiro atoms. The van der Waals surface area contributed by atoms with Crippen molar-refractivity contribution in [2.45, 2.75) is 0 Å². The van der Waals surface area contributed by atoms with Crippen LogP contribution in [-0.2, 0) is 0 Å². The van der Waals surface area contributed by atoms with Crippen LogP contribution in [0.2, 0.25) is 10.0 Å². The maximum Gasteiger partial charge on any atom is 0.203 e. The van der Waals surface area contributed by atoms with E-state index < -0.39 is 0 Å². The highest BCUT2D eigenvalue weighted by atomic mass is 35.5. The molecular formula is C17H16Cl2N2O4. The number of rotatable bonds is 6. The summed E-state index contributed by atoms with van der Waals surface area (Å²) in [5.74, 6) is 1.39. The average molecular weight is 383 g/mol. The molecule has 2 aromatic carbocycles. The van der Waals surface area contributed by atoms with Crippen LogP contribution in [0.5, 0.6) is 23.0 Å². The van der Waals surface area contributed by atoms with Gasteiger partial charge in [0, 0.05) is 16.1 Å². The highest BCUT2D eigenvalue weighted by molar-refractivity contribution is 6.36. The molecule has 1 N–H and O–H groups in total. The number of ether oxygens (including phenoxy) is 3. The Morgan fingerprint density at radius 3 is 2.04 bits per heavy atom. The first-order valence-corrected chi connectivity index (χ1v) is 7.80. The van der Waals surface area contributed by atoms with Gasteiger partial charge in [-0.25, -0.2) is 0 Å². The number of nitrogens with zero attached hydrogens (tertiary/aromatic N) is 2. The first kappa shape index (κ1) is 18.9. The molecular weight excluding hydrogens is 367 g/mol. The lowest BCUT2D eigenvalue weighted by atomic mass is 10.2. The molecule has 0 saturated heterocycles. The van der Waals surface area contributed by atoms with Crippen molar-refractivity contribution >= 4 is 35.6 Å². The summed E-state index contributed by atoms with van der Waals surface area (Å²) in [4.78, 5) is 0. The van der Waals surface area contributed by atoms with Gasteiger partial charge in [-0.1, -0.05) is 23.2 Å². The third-order valence-electron chi connectivity index (χ3n) is 3.22. The summed E-state index contributed by atoms with van der Waals surface area (Å²) in [6, 6.07) is 6.43. The lowest BCUT2D eigenvalue weighted by molar-refractivity contribution is 0.324. The van der Waals surface area contributed by atoms with Crippen LogP contribution >= 0.6 is 23.2 Å². The summed E-state index contributed by atoms with van der Waals surface area (Å²) in [5, 5.41) is 18.2. The number of methoxy groups -OCH3 is 3. The number of aromatic hydroxyl groups is 1. The zero-order valence-corrected chi connectivity index (χ0v) is 15.3. The van der Waals surface area contributed by atoms with Crippen LogP contribution in [0, 0.1) is 0 Å². The molecule has 0 aliphatic heterocycles. The van der Waals surface area contributed by atoms with Crippen LogP contribution in [0.25, 0.3) is 0 Å². The lowest BCUT2D eigenvalue weighted by Gasteiger charge is -2.12. The van der Waals surface area contributed by atoms with E-state index in [2.05, 4.69) is 10.2 Å². The Labute approximate surface area is 155 Å². The predicted molar refractivity (Wildman–Crippen MR) is 99.4 cm³/mol. The van der Waals surface area contributed by atoms with Crippen molar-refractivity contribution < 1.29 is 19.3 Å². The Hall–Kier alpha value is -2.44. The van der Waals surface area contributed by atoms with E-state index >= 15 is 0 Å². The van der Waals surface area contributed by atoms with E-state index in [1.54, 1.807) is 12.1 Å². The van der Waals surface area contributed by atoms with E-state index in [0.29, 0.717) is 33.4 Å². The van der Waals surface area contributed by atoms with Gasteiger partial charge in [0.2, 0.25) is 5.75 Å². The maximum absolute atomic E-state index is 9.85. The molecule has 8 heteroatoms. The Morgan fingerprint density at radius 1 is 0.880 bits per heavy atom. The van der Waals surface area contributed by atoms with Crippen LogP contribution in [0.4, 0.5) is 0 Å². The predicted octanol–water partition coefficient (Wildman–Crippen LogP) is 4.18. The van der Waals surface area contributed by atoms with Crippen molar-refractivity contribution in [3.05, 3.63) is 45.4 Å². The van der Waals surface area contributed by atoms with E-state index in [1.165, 1.54) is 45.9 Å². The molecule has 0 saturated carbocycles. The van der Waals surface area contributed by atoms with Gasteiger partial charge in [-0.05, 0) is 24.3 Å². The molecule has 132 valence electrons. The summed E-state index contributed by atoms with van der Waals surface area (Å²) >= 11 is 11.7. The molecule has 0 aromatic heterocycles. The number of halogens is 2. The molecule has 0 heterocycles. The number of benzene rings is 2. The molecule has 0 amide bonds. The second-order valence-corrected chi connectivity index (χ2v) is 5.62. The smallest absolute Gasteiger partial charge is 0.203 e. The summed E-state index contributed by atoms with van der Waals surface area (Å²) in [6.45, 7) is 0. The normalized spacial score (nSPS) is 11.2. The Morgan fingerprint density at radius 2 is 1.48 bits per heavy atom. The summed E-state index contributed by atoms with van der Waals surface area (Å²) < 4.78 is 15.8. The Bertz CT molecular complexity index is 798. The minimum atomic E-state index is -0.113. The van der Waals surface area contributed by atoms with Gasteiger partial charge in [-0.15, -0.1) is 0 Å². The van der Waals surface area contributed by atoms with Crippen LogP contribution in [0.3, 0.4) is 0 Å². The highest BCUT2D eigenvalue weighted by Gasteiger charge is 2.12. The fourth-order valence-corrected chi connectivity index (χ4v) is 2.56. The van der Waals surface area contributed by atoms with Gasteiger partial charge >= 0.3 is 0 Å². The SMILES string of the molecule is COc1cc(C=N/N=C/c2cc(Cl)cc(Cl)c2O)cc(OC)c1OC. The van der Waals surface area contributed by atoms with E-state index in [1.807, 2.05) is 0 Å². The van der Waals surface area contributed by atoms with E-state index in [9.17, 15) is 5.11 Å². The Kier molecular flexibility index (Phi) is 6.50. The molecule has 2 rings (SSSR count). The minimum Gasteiger partial charge on any atom is -0.506 e. The number of hydrogen-bond donors (Lipinski definition) is 1. The molecule has 0 aliphatic rings. The standard InChI is InChI=1S/C17H16Cl2N2O4/c1-23-14-4-10(5-15(24-2)17(14)25-3)8-20-21-9-11-6-12(18)7-13(19)16(11)22/h4-9,22H,1-3H3/b20-8?,21-9+. The van der Waals surface area contributed by atoms with Crippen molar-refractivity contribution in [2.24, 2.45) is 10.2 Å². The molecule has 6 nitrogen and oxygen atoms in total. The zero-order chi connectivity index (χ0) is 18.4. The Balaban J connectivity index is 2.25. The van der Waals surface area contributed by atoms with Crippen LogP contribution in [0.15, 0.2) is 34.5 Å². The highest BCUT2D eigenvalue weighted by Crippen LogP contribution is 2.37. The third kappa shape index (κ3) is 4.55. The van der Waals surface area contributed by atoms with E-state index in [-0.39, 0.29) is 10.8 Å². The topological polar surface area (TPSA) is 72.6 Å². The van der Waals surface area contributed by atoms with Gasteiger partial charge in [0.25, 0.3) is 0 Å². The fourth-order valence-electron chi connectivity index (χ4n) is 2.06. The average Bonchev–Trinajstić information content (AvgIpc) is 2.61. The van der Waals surface area contributed by atoms with Crippen molar-refractivity contribution in [2.75, 3.05) is 21.3 Å². The molecule has 0 bridgehead atoms. The number of phenolic OH excluding ortho intramolecular Hbond substituents is 1. The van der Waals surface area contributed by atoms with Crippen molar-refractivity contribution in [1.82, 2.24) is 0 Å². The first-order valence-electron chi connectivity index (χ1n) is 7.04. The van der Waals surface area contributed by atoms with Crippen LogP contribution < -0.4 is 14.2 Å². The zero-order valence-electron chi connectivity index (χ0n) is 13.8. The molecule has 2 aromatic rings. The van der Waals surface area contributed by atoms with Gasteiger partial charge < -0.3 is 19.3 Å². The fraction of sp³-hybridized carbons (Fsp3) is 0.176. The molecule has 0 unspecified atom stereocenters. The quantitative estimate of drug-likeness (QED) is 0.600.